The number of hydrogen-bond acceptors (Lipinski definition) is 5. The summed E-state index contributed by atoms with van der Waals surface area (Å²) in [6.45, 7) is 1.93. The van der Waals surface area contributed by atoms with Gasteiger partial charge in [0.15, 0.2) is 0 Å². The lowest BCUT2D eigenvalue weighted by atomic mass is 10.3. The number of benzene rings is 1. The molecule has 1 amide bonds. The Morgan fingerprint density at radius 1 is 1.27 bits per heavy atom. The summed E-state index contributed by atoms with van der Waals surface area (Å²) in [5.74, 6) is 1.33. The number of ether oxygens (including phenoxy) is 1. The molecule has 0 fully saturated rings. The first-order valence-electron chi connectivity index (χ1n) is 8.06. The number of aromatic nitrogens is 2. The molecule has 0 radical (unpaired) electrons. The molecule has 0 aliphatic rings. The standard InChI is InChI=1S/C19H19N3O3S/c1-13-6-7-17-20-15(9-19(24)22(17)10-13)11-26-12-18(23)21-14-4-3-5-16(8-14)25-2/h3-10H,11-12H2,1-2H3,(H,21,23). The van der Waals surface area contributed by atoms with Gasteiger partial charge in [0.05, 0.1) is 18.6 Å². The molecule has 0 atom stereocenters. The molecule has 0 spiro atoms. The van der Waals surface area contributed by atoms with Crippen molar-refractivity contribution in [2.45, 2.75) is 12.7 Å². The van der Waals surface area contributed by atoms with Gasteiger partial charge < -0.3 is 10.1 Å². The van der Waals surface area contributed by atoms with Crippen molar-refractivity contribution in [3.05, 3.63) is 70.3 Å². The van der Waals surface area contributed by atoms with E-state index in [1.165, 1.54) is 22.2 Å². The molecule has 7 heteroatoms. The lowest BCUT2D eigenvalue weighted by Crippen LogP contribution is -2.16. The van der Waals surface area contributed by atoms with Gasteiger partial charge in [0.25, 0.3) is 5.56 Å². The maximum atomic E-state index is 12.2. The normalized spacial score (nSPS) is 10.7. The summed E-state index contributed by atoms with van der Waals surface area (Å²) >= 11 is 1.41. The van der Waals surface area contributed by atoms with Crippen LogP contribution < -0.4 is 15.6 Å². The zero-order chi connectivity index (χ0) is 18.5. The molecule has 0 saturated heterocycles. The highest BCUT2D eigenvalue weighted by molar-refractivity contribution is 7.99. The number of pyridine rings is 1. The van der Waals surface area contributed by atoms with E-state index in [0.717, 1.165) is 5.56 Å². The monoisotopic (exact) mass is 369 g/mol. The number of anilines is 1. The van der Waals surface area contributed by atoms with Crippen molar-refractivity contribution >= 4 is 29.0 Å². The number of thioether (sulfide) groups is 1. The first-order valence-corrected chi connectivity index (χ1v) is 9.21. The fourth-order valence-electron chi connectivity index (χ4n) is 2.48. The second kappa shape index (κ2) is 8.05. The van der Waals surface area contributed by atoms with E-state index in [1.54, 1.807) is 25.4 Å². The Bertz CT molecular complexity index is 1000. The Morgan fingerprint density at radius 2 is 2.12 bits per heavy atom. The molecule has 2 heterocycles. The third-order valence-corrected chi connectivity index (χ3v) is 4.66. The van der Waals surface area contributed by atoms with Crippen LogP contribution in [-0.4, -0.2) is 28.2 Å². The fraction of sp³-hybridized carbons (Fsp3) is 0.211. The van der Waals surface area contributed by atoms with E-state index >= 15 is 0 Å². The summed E-state index contributed by atoms with van der Waals surface area (Å²) in [7, 11) is 1.58. The second-order valence-corrected chi connectivity index (χ2v) is 6.78. The Balaban J connectivity index is 1.59. The Kier molecular flexibility index (Phi) is 5.58. The molecule has 3 aromatic rings. The van der Waals surface area contributed by atoms with E-state index in [0.29, 0.717) is 28.5 Å². The largest absolute Gasteiger partial charge is 0.497 e. The number of nitrogens with zero attached hydrogens (tertiary/aromatic N) is 2. The van der Waals surface area contributed by atoms with Gasteiger partial charge in [-0.05, 0) is 30.7 Å². The minimum absolute atomic E-state index is 0.114. The number of fused-ring (bicyclic) bond motifs is 1. The van der Waals surface area contributed by atoms with Crippen LogP contribution in [0.25, 0.3) is 5.65 Å². The van der Waals surface area contributed by atoms with Gasteiger partial charge in [-0.15, -0.1) is 11.8 Å². The van der Waals surface area contributed by atoms with E-state index < -0.39 is 0 Å². The Hall–Kier alpha value is -2.80. The number of rotatable bonds is 6. The van der Waals surface area contributed by atoms with Gasteiger partial charge in [-0.1, -0.05) is 12.1 Å². The average molecular weight is 369 g/mol. The van der Waals surface area contributed by atoms with Crippen LogP contribution in [0, 0.1) is 6.92 Å². The topological polar surface area (TPSA) is 72.7 Å². The molecule has 2 aromatic heterocycles. The fourth-order valence-corrected chi connectivity index (χ4v) is 3.20. The van der Waals surface area contributed by atoms with Crippen LogP contribution >= 0.6 is 11.8 Å². The zero-order valence-electron chi connectivity index (χ0n) is 14.6. The van der Waals surface area contributed by atoms with Crippen molar-refractivity contribution in [1.29, 1.82) is 0 Å². The number of carbonyl (C=O) groups excluding carboxylic acids is 1. The molecule has 0 bridgehead atoms. The second-order valence-electron chi connectivity index (χ2n) is 5.79. The van der Waals surface area contributed by atoms with Crippen molar-refractivity contribution in [2.75, 3.05) is 18.2 Å². The predicted molar refractivity (Wildman–Crippen MR) is 104 cm³/mol. The maximum Gasteiger partial charge on any atom is 0.258 e. The molecule has 3 rings (SSSR count). The molecule has 26 heavy (non-hydrogen) atoms. The average Bonchev–Trinajstić information content (AvgIpc) is 2.62. The van der Waals surface area contributed by atoms with Crippen molar-refractivity contribution < 1.29 is 9.53 Å². The van der Waals surface area contributed by atoms with Crippen molar-refractivity contribution in [3.63, 3.8) is 0 Å². The van der Waals surface area contributed by atoms with Crippen LogP contribution in [0.1, 0.15) is 11.3 Å². The van der Waals surface area contributed by atoms with Gasteiger partial charge in [-0.3, -0.25) is 14.0 Å². The highest BCUT2D eigenvalue weighted by Gasteiger charge is 2.06. The van der Waals surface area contributed by atoms with Gasteiger partial charge in [-0.2, -0.15) is 0 Å². The third-order valence-electron chi connectivity index (χ3n) is 3.70. The van der Waals surface area contributed by atoms with Crippen LogP contribution in [0.4, 0.5) is 5.69 Å². The van der Waals surface area contributed by atoms with E-state index in [-0.39, 0.29) is 17.2 Å². The summed E-state index contributed by atoms with van der Waals surface area (Å²) in [6.07, 6.45) is 1.77. The number of nitrogens with one attached hydrogen (secondary N) is 1. The van der Waals surface area contributed by atoms with Crippen LogP contribution in [0.2, 0.25) is 0 Å². The highest BCUT2D eigenvalue weighted by Crippen LogP contribution is 2.17. The van der Waals surface area contributed by atoms with Crippen LogP contribution in [-0.2, 0) is 10.5 Å². The van der Waals surface area contributed by atoms with Gasteiger partial charge >= 0.3 is 0 Å². The molecular weight excluding hydrogens is 350 g/mol. The number of amides is 1. The van der Waals surface area contributed by atoms with Crippen LogP contribution in [0.3, 0.4) is 0 Å². The molecule has 1 N–H and O–H groups in total. The van der Waals surface area contributed by atoms with Crippen molar-refractivity contribution in [3.8, 4) is 5.75 Å². The summed E-state index contributed by atoms with van der Waals surface area (Å²) in [5.41, 5.74) is 2.85. The van der Waals surface area contributed by atoms with E-state index in [9.17, 15) is 9.59 Å². The molecule has 0 unspecified atom stereocenters. The van der Waals surface area contributed by atoms with Crippen molar-refractivity contribution in [1.82, 2.24) is 9.38 Å². The number of methoxy groups -OCH3 is 1. The number of hydrogen-bond donors (Lipinski definition) is 1. The minimum Gasteiger partial charge on any atom is -0.497 e. The molecule has 6 nitrogen and oxygen atoms in total. The molecule has 0 aliphatic heterocycles. The summed E-state index contributed by atoms with van der Waals surface area (Å²) in [6, 6.07) is 12.4. The first-order chi connectivity index (χ1) is 12.5. The van der Waals surface area contributed by atoms with Gasteiger partial charge in [0.2, 0.25) is 5.91 Å². The van der Waals surface area contributed by atoms with Gasteiger partial charge in [-0.25, -0.2) is 4.98 Å². The lowest BCUT2D eigenvalue weighted by molar-refractivity contribution is -0.113. The maximum absolute atomic E-state index is 12.2. The van der Waals surface area contributed by atoms with Gasteiger partial charge in [0, 0.05) is 29.8 Å². The van der Waals surface area contributed by atoms with Gasteiger partial charge in [0.1, 0.15) is 11.4 Å². The highest BCUT2D eigenvalue weighted by atomic mass is 32.2. The molecule has 0 saturated carbocycles. The quantitative estimate of drug-likeness (QED) is 0.723. The van der Waals surface area contributed by atoms with E-state index in [2.05, 4.69) is 10.3 Å². The minimum atomic E-state index is -0.116. The Morgan fingerprint density at radius 3 is 2.92 bits per heavy atom. The molecule has 0 aliphatic carbocycles. The summed E-state index contributed by atoms with van der Waals surface area (Å²) in [5, 5.41) is 2.82. The number of aryl methyl sites for hydroxylation is 1. The lowest BCUT2D eigenvalue weighted by Gasteiger charge is -2.07. The zero-order valence-corrected chi connectivity index (χ0v) is 15.4. The summed E-state index contributed by atoms with van der Waals surface area (Å²) in [4.78, 5) is 28.7. The van der Waals surface area contributed by atoms with Crippen LogP contribution in [0.15, 0.2) is 53.5 Å². The number of carbonyl (C=O) groups is 1. The van der Waals surface area contributed by atoms with Crippen molar-refractivity contribution in [2.24, 2.45) is 0 Å². The smallest absolute Gasteiger partial charge is 0.258 e. The SMILES string of the molecule is COc1cccc(NC(=O)CSCc2cc(=O)n3cc(C)ccc3n2)c1. The molecular formula is C19H19N3O3S. The Labute approximate surface area is 155 Å². The third kappa shape index (κ3) is 4.43. The predicted octanol–water partition coefficient (Wildman–Crippen LogP) is 2.88. The molecule has 1 aromatic carbocycles. The van der Waals surface area contributed by atoms with E-state index in [1.807, 2.05) is 31.2 Å². The summed E-state index contributed by atoms with van der Waals surface area (Å²) < 4.78 is 6.66. The first kappa shape index (κ1) is 18.0. The van der Waals surface area contributed by atoms with Crippen LogP contribution in [0.5, 0.6) is 5.75 Å². The molecule has 134 valence electrons. The van der Waals surface area contributed by atoms with E-state index in [4.69, 9.17) is 4.74 Å².